The Morgan fingerprint density at radius 1 is 1.47 bits per heavy atom. The second-order valence-electron chi connectivity index (χ2n) is 4.50. The summed E-state index contributed by atoms with van der Waals surface area (Å²) in [6.45, 7) is 0.254. The summed E-state index contributed by atoms with van der Waals surface area (Å²) in [5.41, 5.74) is 0.488. The minimum Gasteiger partial charge on any atom is -0.302 e. The molecule has 1 aliphatic heterocycles. The molecule has 1 atom stereocenters. The van der Waals surface area contributed by atoms with Crippen LogP contribution in [0.15, 0.2) is 22.7 Å². The van der Waals surface area contributed by atoms with Gasteiger partial charge in [-0.2, -0.15) is 0 Å². The number of carbonyl (C=O) groups is 2. The zero-order valence-corrected chi connectivity index (χ0v) is 12.0. The van der Waals surface area contributed by atoms with E-state index in [0.29, 0.717) is 18.4 Å². The van der Waals surface area contributed by atoms with Crippen LogP contribution in [0.4, 0.5) is 4.39 Å². The molecule has 1 aromatic carbocycles. The lowest BCUT2D eigenvalue weighted by Crippen LogP contribution is -2.51. The van der Waals surface area contributed by atoms with Gasteiger partial charge in [0.2, 0.25) is 11.8 Å². The number of hydrogen-bond donors (Lipinski definition) is 1. The maximum Gasteiger partial charge on any atom is 0.246 e. The zero-order valence-electron chi connectivity index (χ0n) is 10.5. The van der Waals surface area contributed by atoms with E-state index in [-0.39, 0.29) is 24.2 Å². The summed E-state index contributed by atoms with van der Waals surface area (Å²) < 4.78 is 14.3. The van der Waals surface area contributed by atoms with E-state index in [1.807, 2.05) is 0 Å². The van der Waals surface area contributed by atoms with Gasteiger partial charge in [-0.3, -0.25) is 14.5 Å². The standard InChI is InChI=1S/C13H14BrFN2O2/c1-17-12(18)5-4-11(13(17)19)16-7-8-6-9(14)2-3-10(8)15/h2-3,6,11,16H,4-5,7H2,1H3. The summed E-state index contributed by atoms with van der Waals surface area (Å²) >= 11 is 3.28. The van der Waals surface area contributed by atoms with E-state index in [1.165, 1.54) is 13.1 Å². The average molecular weight is 329 g/mol. The second-order valence-corrected chi connectivity index (χ2v) is 5.41. The van der Waals surface area contributed by atoms with E-state index in [0.717, 1.165) is 9.37 Å². The summed E-state index contributed by atoms with van der Waals surface area (Å²) in [7, 11) is 1.47. The number of piperidine rings is 1. The van der Waals surface area contributed by atoms with Gasteiger partial charge in [0, 0.05) is 30.0 Å². The van der Waals surface area contributed by atoms with Crippen molar-refractivity contribution in [1.29, 1.82) is 0 Å². The number of rotatable bonds is 3. The lowest BCUT2D eigenvalue weighted by molar-refractivity contribution is -0.148. The van der Waals surface area contributed by atoms with Crippen LogP contribution in [0.1, 0.15) is 18.4 Å². The van der Waals surface area contributed by atoms with Crippen LogP contribution >= 0.6 is 15.9 Å². The number of likely N-dealkylation sites (tertiary alicyclic amines) is 1. The highest BCUT2D eigenvalue weighted by Crippen LogP contribution is 2.17. The first-order valence-corrected chi connectivity index (χ1v) is 6.76. The van der Waals surface area contributed by atoms with Crippen molar-refractivity contribution in [3.63, 3.8) is 0 Å². The maximum atomic E-state index is 13.5. The molecule has 0 bridgehead atoms. The smallest absolute Gasteiger partial charge is 0.246 e. The number of hydrogen-bond acceptors (Lipinski definition) is 3. The fraction of sp³-hybridized carbons (Fsp3) is 0.385. The molecule has 1 unspecified atom stereocenters. The molecule has 0 aliphatic carbocycles. The lowest BCUT2D eigenvalue weighted by atomic mass is 10.0. The topological polar surface area (TPSA) is 49.4 Å². The van der Waals surface area contributed by atoms with Gasteiger partial charge in [-0.1, -0.05) is 15.9 Å². The van der Waals surface area contributed by atoms with Crippen LogP contribution in [0.3, 0.4) is 0 Å². The molecule has 0 spiro atoms. The molecule has 0 radical (unpaired) electrons. The molecule has 19 heavy (non-hydrogen) atoms. The van der Waals surface area contributed by atoms with Crippen LogP contribution in [0, 0.1) is 5.82 Å². The van der Waals surface area contributed by atoms with Crippen LogP contribution < -0.4 is 5.32 Å². The van der Waals surface area contributed by atoms with Crippen molar-refractivity contribution in [2.75, 3.05) is 7.05 Å². The van der Waals surface area contributed by atoms with Crippen molar-refractivity contribution in [2.45, 2.75) is 25.4 Å². The first-order valence-electron chi connectivity index (χ1n) is 5.96. The molecular weight excluding hydrogens is 315 g/mol. The van der Waals surface area contributed by atoms with Crippen molar-refractivity contribution in [3.8, 4) is 0 Å². The maximum absolute atomic E-state index is 13.5. The fourth-order valence-electron chi connectivity index (χ4n) is 2.02. The van der Waals surface area contributed by atoms with Crippen LogP contribution in [0.2, 0.25) is 0 Å². The van der Waals surface area contributed by atoms with Gasteiger partial charge in [0.25, 0.3) is 0 Å². The normalized spacial score (nSPS) is 19.9. The Labute approximate surface area is 119 Å². The van der Waals surface area contributed by atoms with Crippen molar-refractivity contribution in [2.24, 2.45) is 0 Å². The van der Waals surface area contributed by atoms with Crippen LogP contribution in [-0.2, 0) is 16.1 Å². The van der Waals surface area contributed by atoms with Gasteiger partial charge in [-0.25, -0.2) is 4.39 Å². The Balaban J connectivity index is 2.01. The third kappa shape index (κ3) is 3.19. The van der Waals surface area contributed by atoms with Crippen molar-refractivity contribution < 1.29 is 14.0 Å². The van der Waals surface area contributed by atoms with Gasteiger partial charge in [0.05, 0.1) is 6.04 Å². The molecule has 102 valence electrons. The van der Waals surface area contributed by atoms with Crippen molar-refractivity contribution >= 4 is 27.7 Å². The minimum absolute atomic E-state index is 0.170. The van der Waals surface area contributed by atoms with Crippen molar-refractivity contribution in [1.82, 2.24) is 10.2 Å². The Morgan fingerprint density at radius 2 is 2.21 bits per heavy atom. The second kappa shape index (κ2) is 5.79. The fourth-order valence-corrected chi connectivity index (χ4v) is 2.43. The lowest BCUT2D eigenvalue weighted by Gasteiger charge is -2.28. The highest BCUT2D eigenvalue weighted by Gasteiger charge is 2.31. The molecule has 0 aromatic heterocycles. The van der Waals surface area contributed by atoms with Crippen molar-refractivity contribution in [3.05, 3.63) is 34.1 Å². The number of nitrogens with zero attached hydrogens (tertiary/aromatic N) is 1. The summed E-state index contributed by atoms with van der Waals surface area (Å²) in [4.78, 5) is 24.3. The number of nitrogens with one attached hydrogen (secondary N) is 1. The van der Waals surface area contributed by atoms with E-state index in [1.54, 1.807) is 12.1 Å². The average Bonchev–Trinajstić information content (AvgIpc) is 2.39. The quantitative estimate of drug-likeness (QED) is 0.861. The first kappa shape index (κ1) is 14.1. The van der Waals surface area contributed by atoms with Gasteiger partial charge in [0.15, 0.2) is 0 Å². The number of likely N-dealkylation sites (N-methyl/N-ethyl adjacent to an activating group) is 1. The number of amides is 2. The van der Waals surface area contributed by atoms with Crippen LogP contribution in [0.25, 0.3) is 0 Å². The summed E-state index contributed by atoms with van der Waals surface area (Å²) in [6, 6.07) is 4.24. The SMILES string of the molecule is CN1C(=O)CCC(NCc2cc(Br)ccc2F)C1=O. The highest BCUT2D eigenvalue weighted by molar-refractivity contribution is 9.10. The van der Waals surface area contributed by atoms with Gasteiger partial charge < -0.3 is 5.32 Å². The van der Waals surface area contributed by atoms with Crippen LogP contribution in [0.5, 0.6) is 0 Å². The molecule has 2 rings (SSSR count). The summed E-state index contributed by atoms with van der Waals surface area (Å²) in [6.07, 6.45) is 0.790. The molecular formula is C13H14BrFN2O2. The highest BCUT2D eigenvalue weighted by atomic mass is 79.9. The molecule has 1 aromatic rings. The van der Waals surface area contributed by atoms with E-state index < -0.39 is 6.04 Å². The Bertz CT molecular complexity index is 521. The number of imide groups is 1. The predicted molar refractivity (Wildman–Crippen MR) is 71.7 cm³/mol. The van der Waals surface area contributed by atoms with E-state index >= 15 is 0 Å². The molecule has 1 heterocycles. The Hall–Kier alpha value is -1.27. The third-order valence-electron chi connectivity index (χ3n) is 3.20. The zero-order chi connectivity index (χ0) is 14.0. The largest absolute Gasteiger partial charge is 0.302 e. The molecule has 1 aliphatic rings. The molecule has 1 saturated heterocycles. The van der Waals surface area contributed by atoms with Gasteiger partial charge in [-0.15, -0.1) is 0 Å². The minimum atomic E-state index is -0.430. The summed E-state index contributed by atoms with van der Waals surface area (Å²) in [5, 5.41) is 3.00. The summed E-state index contributed by atoms with van der Waals surface area (Å²) in [5.74, 6) is -0.744. The van der Waals surface area contributed by atoms with E-state index in [9.17, 15) is 14.0 Å². The van der Waals surface area contributed by atoms with E-state index in [2.05, 4.69) is 21.2 Å². The van der Waals surface area contributed by atoms with Gasteiger partial charge >= 0.3 is 0 Å². The van der Waals surface area contributed by atoms with Gasteiger partial charge in [-0.05, 0) is 24.6 Å². The monoisotopic (exact) mass is 328 g/mol. The number of benzene rings is 1. The molecule has 2 amide bonds. The number of carbonyl (C=O) groups excluding carboxylic acids is 2. The molecule has 4 nitrogen and oxygen atoms in total. The molecule has 1 fully saturated rings. The number of halogens is 2. The molecule has 6 heteroatoms. The Morgan fingerprint density at radius 3 is 2.95 bits per heavy atom. The van der Waals surface area contributed by atoms with E-state index in [4.69, 9.17) is 0 Å². The third-order valence-corrected chi connectivity index (χ3v) is 3.69. The Kier molecular flexibility index (Phi) is 4.31. The van der Waals surface area contributed by atoms with Gasteiger partial charge in [0.1, 0.15) is 5.82 Å². The van der Waals surface area contributed by atoms with Crippen LogP contribution in [-0.4, -0.2) is 29.8 Å². The molecule has 0 saturated carbocycles. The first-order chi connectivity index (χ1) is 8.99. The predicted octanol–water partition coefficient (Wildman–Crippen LogP) is 1.83. The molecule has 1 N–H and O–H groups in total.